The quantitative estimate of drug-likeness (QED) is 0.358. The molecule has 0 spiro atoms. The first-order chi connectivity index (χ1) is 10.1. The third-order valence-electron chi connectivity index (χ3n) is 3.06. The first kappa shape index (κ1) is 19.4. The van der Waals surface area contributed by atoms with Crippen LogP contribution in [0.5, 0.6) is 0 Å². The van der Waals surface area contributed by atoms with Gasteiger partial charge in [-0.05, 0) is 38.5 Å². The van der Waals surface area contributed by atoms with E-state index in [0.717, 1.165) is 32.1 Å². The maximum atomic E-state index is 11.3. The summed E-state index contributed by atoms with van der Waals surface area (Å²) in [6.07, 6.45) is 8.48. The number of alkyl carbamates (subject to hydrolysis) is 1. The standard InChI is InChI=1S/C15H28N2O4/c1-2-3-4-5-6-9-12-21-15(20)17-11-8-7-10-13(16)14(18)19/h2,13H,1,3-12,16H2,(H,17,20)(H,18,19)/t13-/m0/s1. The molecule has 0 radical (unpaired) electrons. The fraction of sp³-hybridized carbons (Fsp3) is 0.733. The van der Waals surface area contributed by atoms with Gasteiger partial charge in [0.05, 0.1) is 6.61 Å². The second-order valence-electron chi connectivity index (χ2n) is 4.99. The molecule has 6 nitrogen and oxygen atoms in total. The number of carboxylic acid groups (broad SMARTS) is 1. The van der Waals surface area contributed by atoms with E-state index in [1.807, 2.05) is 6.08 Å². The molecule has 0 aromatic carbocycles. The van der Waals surface area contributed by atoms with Crippen LogP contribution < -0.4 is 11.1 Å². The lowest BCUT2D eigenvalue weighted by Gasteiger charge is -2.08. The molecule has 0 aliphatic carbocycles. The summed E-state index contributed by atoms with van der Waals surface area (Å²) in [6.45, 7) is 4.58. The number of hydrogen-bond acceptors (Lipinski definition) is 4. The Bertz CT molecular complexity index is 308. The van der Waals surface area contributed by atoms with Crippen LogP contribution in [0.15, 0.2) is 12.7 Å². The number of allylic oxidation sites excluding steroid dienone is 1. The average molecular weight is 300 g/mol. The molecule has 0 fully saturated rings. The van der Waals surface area contributed by atoms with Gasteiger partial charge in [0.2, 0.25) is 0 Å². The first-order valence-electron chi connectivity index (χ1n) is 7.57. The van der Waals surface area contributed by atoms with E-state index in [2.05, 4.69) is 11.9 Å². The maximum Gasteiger partial charge on any atom is 0.407 e. The van der Waals surface area contributed by atoms with Crippen molar-refractivity contribution in [3.63, 3.8) is 0 Å². The molecule has 4 N–H and O–H groups in total. The first-order valence-corrected chi connectivity index (χ1v) is 7.57. The number of nitrogens with one attached hydrogen (secondary N) is 1. The molecular weight excluding hydrogens is 272 g/mol. The van der Waals surface area contributed by atoms with Crippen LogP contribution in [0.2, 0.25) is 0 Å². The number of unbranched alkanes of at least 4 members (excludes halogenated alkanes) is 5. The van der Waals surface area contributed by atoms with Crippen molar-refractivity contribution in [2.45, 2.75) is 57.4 Å². The smallest absolute Gasteiger partial charge is 0.407 e. The van der Waals surface area contributed by atoms with E-state index in [1.165, 1.54) is 0 Å². The summed E-state index contributed by atoms with van der Waals surface area (Å²) in [6, 6.07) is -0.821. The van der Waals surface area contributed by atoms with E-state index in [1.54, 1.807) is 0 Å². The van der Waals surface area contributed by atoms with Gasteiger partial charge in [0.25, 0.3) is 0 Å². The van der Waals surface area contributed by atoms with Gasteiger partial charge in [-0.2, -0.15) is 0 Å². The van der Waals surface area contributed by atoms with Gasteiger partial charge in [-0.25, -0.2) is 4.79 Å². The van der Waals surface area contributed by atoms with Crippen molar-refractivity contribution in [1.29, 1.82) is 0 Å². The van der Waals surface area contributed by atoms with Gasteiger partial charge in [0.15, 0.2) is 0 Å². The van der Waals surface area contributed by atoms with Gasteiger partial charge < -0.3 is 20.9 Å². The van der Waals surface area contributed by atoms with Crippen molar-refractivity contribution >= 4 is 12.1 Å². The number of aliphatic carboxylic acids is 1. The molecule has 0 aliphatic heterocycles. The van der Waals surface area contributed by atoms with Crippen molar-refractivity contribution in [2.24, 2.45) is 5.73 Å². The SMILES string of the molecule is C=CCCCCCCOC(=O)NCCCC[C@H](N)C(=O)O. The highest BCUT2D eigenvalue weighted by atomic mass is 16.5. The number of amides is 1. The monoisotopic (exact) mass is 300 g/mol. The summed E-state index contributed by atoms with van der Waals surface area (Å²) in [5, 5.41) is 11.2. The Hall–Kier alpha value is -1.56. The Morgan fingerprint density at radius 2 is 1.90 bits per heavy atom. The zero-order valence-electron chi connectivity index (χ0n) is 12.7. The Morgan fingerprint density at radius 3 is 2.57 bits per heavy atom. The van der Waals surface area contributed by atoms with Gasteiger partial charge in [-0.15, -0.1) is 6.58 Å². The Kier molecular flexibility index (Phi) is 12.4. The molecule has 0 aromatic rings. The minimum atomic E-state index is -0.990. The van der Waals surface area contributed by atoms with Crippen LogP contribution in [0, 0.1) is 0 Å². The van der Waals surface area contributed by atoms with Crippen molar-refractivity contribution in [3.8, 4) is 0 Å². The van der Waals surface area contributed by atoms with Crippen LogP contribution in [-0.2, 0) is 9.53 Å². The largest absolute Gasteiger partial charge is 0.480 e. The lowest BCUT2D eigenvalue weighted by molar-refractivity contribution is -0.138. The number of carbonyl (C=O) groups is 2. The topological polar surface area (TPSA) is 102 Å². The van der Waals surface area contributed by atoms with Gasteiger partial charge in [-0.1, -0.05) is 18.9 Å². The molecule has 21 heavy (non-hydrogen) atoms. The molecule has 0 bridgehead atoms. The fourth-order valence-electron chi connectivity index (χ4n) is 1.76. The van der Waals surface area contributed by atoms with Crippen molar-refractivity contribution in [1.82, 2.24) is 5.32 Å². The second-order valence-corrected chi connectivity index (χ2v) is 4.99. The highest BCUT2D eigenvalue weighted by molar-refractivity contribution is 5.72. The highest BCUT2D eigenvalue weighted by Gasteiger charge is 2.10. The van der Waals surface area contributed by atoms with Crippen LogP contribution in [0.25, 0.3) is 0 Å². The summed E-state index contributed by atoms with van der Waals surface area (Å²) in [5.74, 6) is -0.990. The number of hydrogen-bond donors (Lipinski definition) is 3. The molecule has 0 saturated carbocycles. The van der Waals surface area contributed by atoms with Crippen molar-refractivity contribution < 1.29 is 19.4 Å². The molecule has 0 heterocycles. The van der Waals surface area contributed by atoms with E-state index in [4.69, 9.17) is 15.6 Å². The summed E-state index contributed by atoms with van der Waals surface area (Å²) >= 11 is 0. The van der Waals surface area contributed by atoms with Crippen molar-refractivity contribution in [2.75, 3.05) is 13.2 Å². The zero-order chi connectivity index (χ0) is 15.9. The normalized spacial score (nSPS) is 11.7. The molecule has 0 saturated heterocycles. The van der Waals surface area contributed by atoms with Crippen molar-refractivity contribution in [3.05, 3.63) is 12.7 Å². The maximum absolute atomic E-state index is 11.3. The molecule has 0 unspecified atom stereocenters. The fourth-order valence-corrected chi connectivity index (χ4v) is 1.76. The van der Waals surface area contributed by atoms with Crippen LogP contribution in [-0.4, -0.2) is 36.4 Å². The van der Waals surface area contributed by atoms with Gasteiger partial charge in [-0.3, -0.25) is 4.79 Å². The molecule has 6 heteroatoms. The number of nitrogens with two attached hydrogens (primary N) is 1. The molecular formula is C15H28N2O4. The third-order valence-corrected chi connectivity index (χ3v) is 3.06. The van der Waals surface area contributed by atoms with Gasteiger partial charge >= 0.3 is 12.1 Å². The summed E-state index contributed by atoms with van der Waals surface area (Å²) < 4.78 is 5.03. The van der Waals surface area contributed by atoms with E-state index in [-0.39, 0.29) is 0 Å². The molecule has 0 rings (SSSR count). The lowest BCUT2D eigenvalue weighted by atomic mass is 10.1. The van der Waals surface area contributed by atoms with E-state index < -0.39 is 18.1 Å². The minimum Gasteiger partial charge on any atom is -0.480 e. The molecule has 122 valence electrons. The van der Waals surface area contributed by atoms with Crippen LogP contribution in [0.3, 0.4) is 0 Å². The van der Waals surface area contributed by atoms with Crippen LogP contribution in [0.4, 0.5) is 4.79 Å². The number of ether oxygens (including phenoxy) is 1. The lowest BCUT2D eigenvalue weighted by Crippen LogP contribution is -2.30. The van der Waals surface area contributed by atoms with Crippen LogP contribution >= 0.6 is 0 Å². The highest BCUT2D eigenvalue weighted by Crippen LogP contribution is 2.03. The molecule has 0 aliphatic rings. The van der Waals surface area contributed by atoms with E-state index in [0.29, 0.717) is 32.4 Å². The van der Waals surface area contributed by atoms with Crippen LogP contribution in [0.1, 0.15) is 51.4 Å². The predicted molar refractivity (Wildman–Crippen MR) is 82.1 cm³/mol. The molecule has 1 atom stereocenters. The second kappa shape index (κ2) is 13.4. The number of carbonyl (C=O) groups excluding carboxylic acids is 1. The molecule has 0 aromatic heterocycles. The summed E-state index contributed by atoms with van der Waals surface area (Å²) in [5.41, 5.74) is 5.37. The van der Waals surface area contributed by atoms with E-state index >= 15 is 0 Å². The summed E-state index contributed by atoms with van der Waals surface area (Å²) in [7, 11) is 0. The van der Waals surface area contributed by atoms with E-state index in [9.17, 15) is 9.59 Å². The molecule has 1 amide bonds. The minimum absolute atomic E-state index is 0.413. The van der Waals surface area contributed by atoms with Gasteiger partial charge in [0.1, 0.15) is 6.04 Å². The Morgan fingerprint density at radius 1 is 1.19 bits per heavy atom. The predicted octanol–water partition coefficient (Wildman–Crippen LogP) is 2.43. The Balaban J connectivity index is 3.31. The van der Waals surface area contributed by atoms with Gasteiger partial charge in [0, 0.05) is 6.54 Å². The zero-order valence-corrected chi connectivity index (χ0v) is 12.7. The number of rotatable bonds is 13. The Labute approximate surface area is 126 Å². The summed E-state index contributed by atoms with van der Waals surface area (Å²) in [4.78, 5) is 21.8. The third kappa shape index (κ3) is 13.2. The number of carboxylic acids is 1. The average Bonchev–Trinajstić information content (AvgIpc) is 2.45.